The van der Waals surface area contributed by atoms with Gasteiger partial charge in [-0.1, -0.05) is 19.3 Å². The van der Waals surface area contributed by atoms with Crippen LogP contribution in [0.25, 0.3) is 0 Å². The quantitative estimate of drug-likeness (QED) is 0.718. The molecule has 2 aliphatic rings. The van der Waals surface area contributed by atoms with Crippen molar-refractivity contribution in [1.29, 1.82) is 0 Å². The van der Waals surface area contributed by atoms with Gasteiger partial charge < -0.3 is 5.32 Å². The number of carbonyl (C=O) groups excluding carboxylic acids is 1. The number of hydrogen-bond donors (Lipinski definition) is 1. The van der Waals surface area contributed by atoms with Crippen molar-refractivity contribution in [1.82, 2.24) is 10.2 Å². The van der Waals surface area contributed by atoms with Crippen molar-refractivity contribution in [3.05, 3.63) is 0 Å². The fourth-order valence-corrected chi connectivity index (χ4v) is 2.64. The Morgan fingerprint density at radius 3 is 2.43 bits per heavy atom. The zero-order chi connectivity index (χ0) is 9.97. The normalized spacial score (nSPS) is 25.8. The van der Waals surface area contributed by atoms with Gasteiger partial charge in [-0.05, 0) is 12.8 Å². The van der Waals surface area contributed by atoms with Crippen molar-refractivity contribution in [3.8, 4) is 0 Å². The van der Waals surface area contributed by atoms with Crippen LogP contribution in [0.5, 0.6) is 0 Å². The van der Waals surface area contributed by atoms with Crippen molar-refractivity contribution in [3.63, 3.8) is 0 Å². The summed E-state index contributed by atoms with van der Waals surface area (Å²) in [5.41, 5.74) is 0. The lowest BCUT2D eigenvalue weighted by Crippen LogP contribution is -2.62. The van der Waals surface area contributed by atoms with Gasteiger partial charge in [-0.2, -0.15) is 0 Å². The van der Waals surface area contributed by atoms with Crippen molar-refractivity contribution in [2.75, 3.05) is 13.1 Å². The maximum absolute atomic E-state index is 10.8. The molecule has 1 amide bonds. The summed E-state index contributed by atoms with van der Waals surface area (Å²) in [4.78, 5) is 13.3. The lowest BCUT2D eigenvalue weighted by Gasteiger charge is -2.45. The summed E-state index contributed by atoms with van der Waals surface area (Å²) in [7, 11) is 0. The summed E-state index contributed by atoms with van der Waals surface area (Å²) in [5.74, 6) is 0.110. The van der Waals surface area contributed by atoms with E-state index in [1.165, 1.54) is 32.1 Å². The Bertz CT molecular complexity index is 205. The lowest BCUT2D eigenvalue weighted by molar-refractivity contribution is -0.121. The first-order valence-corrected chi connectivity index (χ1v) is 5.77. The average Bonchev–Trinajstić information content (AvgIpc) is 2.12. The molecule has 80 valence electrons. The van der Waals surface area contributed by atoms with Gasteiger partial charge in [0.05, 0.1) is 6.04 Å². The number of rotatable bonds is 2. The standard InChI is InChI=1S/C11H20N2O/c1-9(14)12-10-7-13(8-10)11-5-3-2-4-6-11/h10-11H,2-8H2,1H3,(H,12,14). The number of carbonyl (C=O) groups is 1. The van der Waals surface area contributed by atoms with Gasteiger partial charge in [0.1, 0.15) is 0 Å². The molecule has 0 unspecified atom stereocenters. The summed E-state index contributed by atoms with van der Waals surface area (Å²) < 4.78 is 0. The largest absolute Gasteiger partial charge is 0.351 e. The lowest BCUT2D eigenvalue weighted by atomic mass is 9.91. The van der Waals surface area contributed by atoms with E-state index in [0.717, 1.165) is 19.1 Å². The third-order valence-electron chi connectivity index (χ3n) is 3.41. The molecule has 1 saturated carbocycles. The van der Waals surface area contributed by atoms with E-state index in [9.17, 15) is 4.79 Å². The second-order valence-electron chi connectivity index (χ2n) is 4.64. The maximum atomic E-state index is 10.8. The summed E-state index contributed by atoms with van der Waals surface area (Å²) in [6.07, 6.45) is 6.94. The molecule has 0 aromatic rings. The van der Waals surface area contributed by atoms with Crippen LogP contribution in [0.1, 0.15) is 39.0 Å². The molecular formula is C11H20N2O. The van der Waals surface area contributed by atoms with Gasteiger partial charge >= 0.3 is 0 Å². The number of hydrogen-bond acceptors (Lipinski definition) is 2. The van der Waals surface area contributed by atoms with Crippen molar-refractivity contribution >= 4 is 5.91 Å². The monoisotopic (exact) mass is 196 g/mol. The zero-order valence-electron chi connectivity index (χ0n) is 8.96. The molecule has 3 heteroatoms. The molecule has 0 atom stereocenters. The third-order valence-corrected chi connectivity index (χ3v) is 3.41. The van der Waals surface area contributed by atoms with E-state index in [-0.39, 0.29) is 5.91 Å². The van der Waals surface area contributed by atoms with Gasteiger partial charge in [-0.3, -0.25) is 9.69 Å². The minimum Gasteiger partial charge on any atom is -0.351 e. The Balaban J connectivity index is 1.68. The molecule has 1 N–H and O–H groups in total. The highest BCUT2D eigenvalue weighted by Gasteiger charge is 2.32. The summed E-state index contributed by atoms with van der Waals surface area (Å²) in [6.45, 7) is 3.75. The topological polar surface area (TPSA) is 32.3 Å². The van der Waals surface area contributed by atoms with Crippen LogP contribution >= 0.6 is 0 Å². The average molecular weight is 196 g/mol. The first kappa shape index (κ1) is 9.97. The van der Waals surface area contributed by atoms with E-state index in [2.05, 4.69) is 10.2 Å². The fraction of sp³-hybridized carbons (Fsp3) is 0.909. The van der Waals surface area contributed by atoms with Crippen LogP contribution in [0, 0.1) is 0 Å². The number of amides is 1. The van der Waals surface area contributed by atoms with Crippen molar-refractivity contribution < 1.29 is 4.79 Å². The van der Waals surface area contributed by atoms with Crippen LogP contribution in [0.2, 0.25) is 0 Å². The molecule has 2 rings (SSSR count). The SMILES string of the molecule is CC(=O)NC1CN(C2CCCCC2)C1. The molecule has 0 radical (unpaired) electrons. The van der Waals surface area contributed by atoms with Crippen LogP contribution in [-0.2, 0) is 4.79 Å². The van der Waals surface area contributed by atoms with E-state index in [4.69, 9.17) is 0 Å². The molecule has 1 saturated heterocycles. The number of nitrogens with zero attached hydrogens (tertiary/aromatic N) is 1. The highest BCUT2D eigenvalue weighted by molar-refractivity contribution is 5.73. The van der Waals surface area contributed by atoms with Gasteiger partial charge in [0, 0.05) is 26.1 Å². The first-order valence-electron chi connectivity index (χ1n) is 5.77. The summed E-state index contributed by atoms with van der Waals surface area (Å²) >= 11 is 0. The first-order chi connectivity index (χ1) is 6.75. The molecule has 1 heterocycles. The molecule has 1 aliphatic carbocycles. The van der Waals surface area contributed by atoms with Crippen LogP contribution < -0.4 is 5.32 Å². The van der Waals surface area contributed by atoms with Gasteiger partial charge in [-0.15, -0.1) is 0 Å². The Morgan fingerprint density at radius 2 is 1.86 bits per heavy atom. The van der Waals surface area contributed by atoms with E-state index in [1.54, 1.807) is 6.92 Å². The molecule has 0 aromatic heterocycles. The van der Waals surface area contributed by atoms with Gasteiger partial charge in [0.15, 0.2) is 0 Å². The van der Waals surface area contributed by atoms with Crippen LogP contribution in [0.3, 0.4) is 0 Å². The highest BCUT2D eigenvalue weighted by Crippen LogP contribution is 2.25. The predicted octanol–water partition coefficient (Wildman–Crippen LogP) is 1.14. The van der Waals surface area contributed by atoms with E-state index >= 15 is 0 Å². The molecule has 2 fully saturated rings. The van der Waals surface area contributed by atoms with Gasteiger partial charge in [-0.25, -0.2) is 0 Å². The van der Waals surface area contributed by atoms with E-state index < -0.39 is 0 Å². The Kier molecular flexibility index (Phi) is 3.06. The molecule has 0 bridgehead atoms. The predicted molar refractivity (Wildman–Crippen MR) is 56.1 cm³/mol. The van der Waals surface area contributed by atoms with Gasteiger partial charge in [0.25, 0.3) is 0 Å². The Labute approximate surface area is 85.8 Å². The van der Waals surface area contributed by atoms with Gasteiger partial charge in [0.2, 0.25) is 5.91 Å². The molecular weight excluding hydrogens is 176 g/mol. The number of likely N-dealkylation sites (tertiary alicyclic amines) is 1. The molecule has 0 aromatic carbocycles. The maximum Gasteiger partial charge on any atom is 0.217 e. The zero-order valence-corrected chi connectivity index (χ0v) is 8.96. The van der Waals surface area contributed by atoms with Crippen molar-refractivity contribution in [2.24, 2.45) is 0 Å². The Hall–Kier alpha value is -0.570. The van der Waals surface area contributed by atoms with Crippen LogP contribution in [0.4, 0.5) is 0 Å². The smallest absolute Gasteiger partial charge is 0.217 e. The summed E-state index contributed by atoms with van der Waals surface area (Å²) in [6, 6.07) is 1.24. The minimum atomic E-state index is 0.110. The Morgan fingerprint density at radius 1 is 1.21 bits per heavy atom. The van der Waals surface area contributed by atoms with E-state index in [0.29, 0.717) is 6.04 Å². The molecule has 1 aliphatic heterocycles. The second kappa shape index (κ2) is 4.30. The molecule has 3 nitrogen and oxygen atoms in total. The third kappa shape index (κ3) is 2.27. The van der Waals surface area contributed by atoms with Crippen LogP contribution in [-0.4, -0.2) is 36.0 Å². The minimum absolute atomic E-state index is 0.110. The number of nitrogens with one attached hydrogen (secondary N) is 1. The van der Waals surface area contributed by atoms with Crippen molar-refractivity contribution in [2.45, 2.75) is 51.1 Å². The fourth-order valence-electron chi connectivity index (χ4n) is 2.64. The summed E-state index contributed by atoms with van der Waals surface area (Å²) in [5, 5.41) is 2.97. The van der Waals surface area contributed by atoms with Crippen LogP contribution in [0.15, 0.2) is 0 Å². The highest BCUT2D eigenvalue weighted by atomic mass is 16.1. The second-order valence-corrected chi connectivity index (χ2v) is 4.64. The van der Waals surface area contributed by atoms with E-state index in [1.807, 2.05) is 0 Å². The molecule has 14 heavy (non-hydrogen) atoms. The molecule has 0 spiro atoms.